The first-order valence-electron chi connectivity index (χ1n) is 7.00. The van der Waals surface area contributed by atoms with Gasteiger partial charge in [0.05, 0.1) is 11.7 Å². The molecule has 1 heterocycles. The first-order chi connectivity index (χ1) is 9.49. The molecule has 1 aliphatic heterocycles. The number of aliphatic hydroxyl groups is 1. The van der Waals surface area contributed by atoms with Crippen molar-refractivity contribution in [2.75, 3.05) is 6.54 Å². The highest BCUT2D eigenvalue weighted by Crippen LogP contribution is 2.28. The zero-order chi connectivity index (χ0) is 14.7. The standard InChI is InChI=1S/C15H21NO4/c1-10(17)8-11-4-2-3-7-16(11)15(20)13-9-12(18)5-6-14(13)19/h5-6,9-11,17-19H,2-4,7-8H2,1H3. The van der Waals surface area contributed by atoms with Gasteiger partial charge in [-0.25, -0.2) is 0 Å². The van der Waals surface area contributed by atoms with Gasteiger partial charge in [0.25, 0.3) is 5.91 Å². The summed E-state index contributed by atoms with van der Waals surface area (Å²) >= 11 is 0. The van der Waals surface area contributed by atoms with Crippen molar-refractivity contribution in [3.8, 4) is 11.5 Å². The number of phenols is 2. The molecule has 3 N–H and O–H groups in total. The zero-order valence-electron chi connectivity index (χ0n) is 11.6. The third-order valence-electron chi connectivity index (χ3n) is 3.71. The molecule has 2 rings (SSSR count). The Kier molecular flexibility index (Phi) is 4.49. The second-order valence-corrected chi connectivity index (χ2v) is 5.43. The van der Waals surface area contributed by atoms with Gasteiger partial charge >= 0.3 is 0 Å². The number of carbonyl (C=O) groups is 1. The van der Waals surface area contributed by atoms with Gasteiger partial charge in [0.2, 0.25) is 0 Å². The van der Waals surface area contributed by atoms with Crippen LogP contribution in [0.1, 0.15) is 43.0 Å². The number of nitrogens with zero attached hydrogens (tertiary/aromatic N) is 1. The van der Waals surface area contributed by atoms with E-state index < -0.39 is 6.10 Å². The van der Waals surface area contributed by atoms with E-state index in [0.717, 1.165) is 19.3 Å². The number of aromatic hydroxyl groups is 2. The number of hydrogen-bond acceptors (Lipinski definition) is 4. The highest BCUT2D eigenvalue weighted by atomic mass is 16.3. The molecule has 0 aliphatic carbocycles. The molecule has 110 valence electrons. The molecule has 2 unspecified atom stereocenters. The molecule has 2 atom stereocenters. The van der Waals surface area contributed by atoms with Crippen LogP contribution in [0.25, 0.3) is 0 Å². The minimum absolute atomic E-state index is 0.0157. The average Bonchev–Trinajstić information content (AvgIpc) is 2.41. The Balaban J connectivity index is 2.23. The predicted octanol–water partition coefficient (Wildman–Crippen LogP) is 1.86. The fourth-order valence-electron chi connectivity index (χ4n) is 2.76. The Morgan fingerprint density at radius 1 is 1.40 bits per heavy atom. The van der Waals surface area contributed by atoms with E-state index in [4.69, 9.17) is 0 Å². The number of carbonyl (C=O) groups excluding carboxylic acids is 1. The molecule has 1 aromatic rings. The van der Waals surface area contributed by atoms with Crippen molar-refractivity contribution < 1.29 is 20.1 Å². The summed E-state index contributed by atoms with van der Waals surface area (Å²) < 4.78 is 0. The Hall–Kier alpha value is -1.75. The molecule has 0 saturated carbocycles. The van der Waals surface area contributed by atoms with Gasteiger partial charge in [-0.3, -0.25) is 4.79 Å². The van der Waals surface area contributed by atoms with Crippen LogP contribution in [0.15, 0.2) is 18.2 Å². The lowest BCUT2D eigenvalue weighted by molar-refractivity contribution is 0.0512. The van der Waals surface area contributed by atoms with Crippen molar-refractivity contribution >= 4 is 5.91 Å². The average molecular weight is 279 g/mol. The highest BCUT2D eigenvalue weighted by molar-refractivity contribution is 5.97. The molecule has 20 heavy (non-hydrogen) atoms. The van der Waals surface area contributed by atoms with Gasteiger partial charge in [0, 0.05) is 12.6 Å². The number of amides is 1. The number of phenolic OH excluding ortho intramolecular Hbond substituents is 2. The van der Waals surface area contributed by atoms with Crippen LogP contribution < -0.4 is 0 Å². The van der Waals surface area contributed by atoms with Crippen LogP contribution in [-0.2, 0) is 0 Å². The molecule has 5 heteroatoms. The maximum absolute atomic E-state index is 12.5. The molecule has 1 aliphatic rings. The third kappa shape index (κ3) is 3.22. The summed E-state index contributed by atoms with van der Waals surface area (Å²) in [6.45, 7) is 2.33. The van der Waals surface area contributed by atoms with Crippen molar-refractivity contribution in [1.29, 1.82) is 0 Å². The van der Waals surface area contributed by atoms with Crippen LogP contribution in [0.3, 0.4) is 0 Å². The summed E-state index contributed by atoms with van der Waals surface area (Å²) in [6, 6.07) is 3.93. The Morgan fingerprint density at radius 2 is 2.15 bits per heavy atom. The van der Waals surface area contributed by atoms with Crippen molar-refractivity contribution in [2.24, 2.45) is 0 Å². The van der Waals surface area contributed by atoms with E-state index in [9.17, 15) is 20.1 Å². The van der Waals surface area contributed by atoms with Crippen LogP contribution in [0, 0.1) is 0 Å². The smallest absolute Gasteiger partial charge is 0.257 e. The van der Waals surface area contributed by atoms with Crippen LogP contribution in [0.2, 0.25) is 0 Å². The van der Waals surface area contributed by atoms with E-state index in [1.165, 1.54) is 18.2 Å². The number of hydrogen-bond donors (Lipinski definition) is 3. The predicted molar refractivity (Wildman–Crippen MR) is 74.7 cm³/mol. The molecule has 0 spiro atoms. The third-order valence-corrected chi connectivity index (χ3v) is 3.71. The molecule has 1 saturated heterocycles. The molecule has 0 radical (unpaired) electrons. The van der Waals surface area contributed by atoms with Gasteiger partial charge in [-0.1, -0.05) is 0 Å². The fraction of sp³-hybridized carbons (Fsp3) is 0.533. The topological polar surface area (TPSA) is 81.0 Å². The lowest BCUT2D eigenvalue weighted by Crippen LogP contribution is -2.45. The maximum atomic E-state index is 12.5. The van der Waals surface area contributed by atoms with Gasteiger partial charge in [-0.15, -0.1) is 0 Å². The largest absolute Gasteiger partial charge is 0.508 e. The zero-order valence-corrected chi connectivity index (χ0v) is 11.6. The molecular weight excluding hydrogens is 258 g/mol. The first kappa shape index (κ1) is 14.7. The van der Waals surface area contributed by atoms with E-state index in [1.54, 1.807) is 11.8 Å². The molecular formula is C15H21NO4. The molecule has 1 aromatic carbocycles. The summed E-state index contributed by atoms with van der Waals surface area (Å²) in [4.78, 5) is 14.2. The second-order valence-electron chi connectivity index (χ2n) is 5.43. The Bertz CT molecular complexity index is 487. The van der Waals surface area contributed by atoms with Gasteiger partial charge in [0.15, 0.2) is 0 Å². The van der Waals surface area contributed by atoms with Crippen LogP contribution in [0.4, 0.5) is 0 Å². The maximum Gasteiger partial charge on any atom is 0.257 e. The summed E-state index contributed by atoms with van der Waals surface area (Å²) in [5.74, 6) is -0.465. The number of rotatable bonds is 3. The summed E-state index contributed by atoms with van der Waals surface area (Å²) in [5.41, 5.74) is 0.113. The normalized spacial score (nSPS) is 20.7. The lowest BCUT2D eigenvalue weighted by atomic mass is 9.96. The summed E-state index contributed by atoms with van der Waals surface area (Å²) in [5, 5.41) is 28.8. The molecule has 0 aromatic heterocycles. The fourth-order valence-corrected chi connectivity index (χ4v) is 2.76. The van der Waals surface area contributed by atoms with E-state index in [2.05, 4.69) is 0 Å². The van der Waals surface area contributed by atoms with Crippen LogP contribution in [0.5, 0.6) is 11.5 Å². The number of aliphatic hydroxyl groups excluding tert-OH is 1. The quantitative estimate of drug-likeness (QED) is 0.738. The van der Waals surface area contributed by atoms with Gasteiger partial charge < -0.3 is 20.2 Å². The van der Waals surface area contributed by atoms with Crippen molar-refractivity contribution in [3.63, 3.8) is 0 Å². The molecule has 0 bridgehead atoms. The summed E-state index contributed by atoms with van der Waals surface area (Å²) in [6.07, 6.45) is 2.88. The van der Waals surface area contributed by atoms with Gasteiger partial charge in [-0.2, -0.15) is 0 Å². The van der Waals surface area contributed by atoms with E-state index in [-0.39, 0.29) is 29.0 Å². The molecule has 1 fully saturated rings. The van der Waals surface area contributed by atoms with Crippen molar-refractivity contribution in [3.05, 3.63) is 23.8 Å². The minimum atomic E-state index is -0.467. The number of piperidine rings is 1. The lowest BCUT2D eigenvalue weighted by Gasteiger charge is -2.36. The van der Waals surface area contributed by atoms with E-state index >= 15 is 0 Å². The van der Waals surface area contributed by atoms with Crippen LogP contribution >= 0.6 is 0 Å². The monoisotopic (exact) mass is 279 g/mol. The van der Waals surface area contributed by atoms with Crippen LogP contribution in [-0.4, -0.2) is 44.8 Å². The van der Waals surface area contributed by atoms with E-state index in [0.29, 0.717) is 13.0 Å². The second kappa shape index (κ2) is 6.13. The number of benzene rings is 1. The Labute approximate surface area is 118 Å². The van der Waals surface area contributed by atoms with Gasteiger partial charge in [0.1, 0.15) is 11.5 Å². The Morgan fingerprint density at radius 3 is 2.85 bits per heavy atom. The molecule has 1 amide bonds. The first-order valence-corrected chi connectivity index (χ1v) is 7.00. The number of likely N-dealkylation sites (tertiary alicyclic amines) is 1. The van der Waals surface area contributed by atoms with Crippen molar-refractivity contribution in [2.45, 2.75) is 44.8 Å². The highest BCUT2D eigenvalue weighted by Gasteiger charge is 2.29. The van der Waals surface area contributed by atoms with E-state index in [1.807, 2.05) is 0 Å². The minimum Gasteiger partial charge on any atom is -0.508 e. The molecule has 5 nitrogen and oxygen atoms in total. The van der Waals surface area contributed by atoms with Gasteiger partial charge in [-0.05, 0) is 50.8 Å². The SMILES string of the molecule is CC(O)CC1CCCCN1C(=O)c1cc(O)ccc1O. The summed E-state index contributed by atoms with van der Waals surface area (Å²) in [7, 11) is 0. The van der Waals surface area contributed by atoms with Crippen molar-refractivity contribution in [1.82, 2.24) is 4.90 Å².